The Morgan fingerprint density at radius 2 is 1.84 bits per heavy atom. The molecule has 1 amide bonds. The van der Waals surface area contributed by atoms with Crippen molar-refractivity contribution in [1.82, 2.24) is 14.9 Å². The van der Waals surface area contributed by atoms with Crippen molar-refractivity contribution in [3.05, 3.63) is 71.4 Å². The first-order chi connectivity index (χ1) is 15.2. The predicted octanol–water partition coefficient (Wildman–Crippen LogP) is 2.92. The number of hydrogen-bond donors (Lipinski definition) is 2. The lowest BCUT2D eigenvalue weighted by Crippen LogP contribution is -2.37. The molecule has 31 heavy (non-hydrogen) atoms. The molecule has 0 saturated carbocycles. The van der Waals surface area contributed by atoms with Gasteiger partial charge in [0, 0.05) is 37.0 Å². The second-order valence-corrected chi connectivity index (χ2v) is 7.62. The standard InChI is InChI=1S/C23H23N5O3/c29-18-8-4-7-17(13-18)24-21-19-15-28(14-16-5-2-1-3-6-16)22(30)20(19)25-23(26-21)27-9-11-31-12-10-27/h1-8,13,29H,9-12,14-15H2,(H,24,25,26). The number of morpholine rings is 1. The summed E-state index contributed by atoms with van der Waals surface area (Å²) in [6.07, 6.45) is 0. The topological polar surface area (TPSA) is 90.8 Å². The second-order valence-electron chi connectivity index (χ2n) is 7.62. The van der Waals surface area contributed by atoms with Crippen LogP contribution >= 0.6 is 0 Å². The average molecular weight is 417 g/mol. The molecular formula is C23H23N5O3. The van der Waals surface area contributed by atoms with E-state index >= 15 is 0 Å². The van der Waals surface area contributed by atoms with Crippen LogP contribution in [0.5, 0.6) is 5.75 Å². The number of carbonyl (C=O) groups is 1. The van der Waals surface area contributed by atoms with Crippen LogP contribution in [0.25, 0.3) is 0 Å². The van der Waals surface area contributed by atoms with Crippen LogP contribution in [0.4, 0.5) is 17.5 Å². The Hall–Kier alpha value is -3.65. The maximum atomic E-state index is 13.2. The largest absolute Gasteiger partial charge is 0.508 e. The molecule has 2 aliphatic heterocycles. The molecule has 2 aliphatic rings. The van der Waals surface area contributed by atoms with Crippen molar-refractivity contribution in [2.24, 2.45) is 0 Å². The lowest BCUT2D eigenvalue weighted by molar-refractivity contribution is 0.0762. The summed E-state index contributed by atoms with van der Waals surface area (Å²) >= 11 is 0. The molecule has 0 atom stereocenters. The minimum absolute atomic E-state index is 0.102. The van der Waals surface area contributed by atoms with Gasteiger partial charge in [-0.2, -0.15) is 4.98 Å². The van der Waals surface area contributed by atoms with Gasteiger partial charge in [0.05, 0.1) is 19.8 Å². The van der Waals surface area contributed by atoms with Crippen molar-refractivity contribution >= 4 is 23.4 Å². The number of phenolic OH excluding ortho intramolecular Hbond substituents is 1. The number of fused-ring (bicyclic) bond motifs is 1. The second kappa shape index (κ2) is 8.23. The first-order valence-corrected chi connectivity index (χ1v) is 10.3. The maximum Gasteiger partial charge on any atom is 0.273 e. The minimum atomic E-state index is -0.102. The zero-order valence-electron chi connectivity index (χ0n) is 17.0. The molecule has 3 heterocycles. The maximum absolute atomic E-state index is 13.2. The van der Waals surface area contributed by atoms with Crippen LogP contribution in [-0.2, 0) is 17.8 Å². The molecular weight excluding hydrogens is 394 g/mol. The van der Waals surface area contributed by atoms with Crippen molar-refractivity contribution in [2.75, 3.05) is 36.5 Å². The van der Waals surface area contributed by atoms with Crippen molar-refractivity contribution < 1.29 is 14.6 Å². The highest BCUT2D eigenvalue weighted by atomic mass is 16.5. The third-order valence-electron chi connectivity index (χ3n) is 5.45. The summed E-state index contributed by atoms with van der Waals surface area (Å²) in [5, 5.41) is 13.1. The van der Waals surface area contributed by atoms with Crippen LogP contribution < -0.4 is 10.2 Å². The summed E-state index contributed by atoms with van der Waals surface area (Å²) in [6, 6.07) is 16.8. The van der Waals surface area contributed by atoms with E-state index in [1.807, 2.05) is 41.3 Å². The van der Waals surface area contributed by atoms with Crippen LogP contribution in [0.3, 0.4) is 0 Å². The smallest absolute Gasteiger partial charge is 0.273 e. The Balaban J connectivity index is 1.50. The average Bonchev–Trinajstić information content (AvgIpc) is 3.11. The van der Waals surface area contributed by atoms with Gasteiger partial charge in [-0.25, -0.2) is 4.98 Å². The Kier molecular flexibility index (Phi) is 5.13. The number of aromatic nitrogens is 2. The molecule has 2 N–H and O–H groups in total. The summed E-state index contributed by atoms with van der Waals surface area (Å²) < 4.78 is 5.44. The first kappa shape index (κ1) is 19.3. The number of hydrogen-bond acceptors (Lipinski definition) is 7. The van der Waals surface area contributed by atoms with Gasteiger partial charge in [0.2, 0.25) is 5.95 Å². The summed E-state index contributed by atoms with van der Waals surface area (Å²) in [5.41, 5.74) is 2.95. The van der Waals surface area contributed by atoms with E-state index in [1.54, 1.807) is 23.1 Å². The molecule has 1 fully saturated rings. The number of nitrogens with zero attached hydrogens (tertiary/aromatic N) is 4. The number of ether oxygens (including phenoxy) is 1. The predicted molar refractivity (Wildman–Crippen MR) is 116 cm³/mol. The van der Waals surface area contributed by atoms with Gasteiger partial charge >= 0.3 is 0 Å². The zero-order chi connectivity index (χ0) is 21.2. The summed E-state index contributed by atoms with van der Waals surface area (Å²) in [7, 11) is 0. The molecule has 3 aromatic rings. The molecule has 2 aromatic carbocycles. The number of amides is 1. The van der Waals surface area contributed by atoms with Gasteiger partial charge in [-0.15, -0.1) is 0 Å². The number of phenols is 1. The van der Waals surface area contributed by atoms with E-state index in [-0.39, 0.29) is 11.7 Å². The van der Waals surface area contributed by atoms with Crippen LogP contribution in [-0.4, -0.2) is 52.2 Å². The van der Waals surface area contributed by atoms with Gasteiger partial charge < -0.3 is 25.0 Å². The molecule has 1 aromatic heterocycles. The van der Waals surface area contributed by atoms with Gasteiger partial charge in [-0.1, -0.05) is 36.4 Å². The van der Waals surface area contributed by atoms with Crippen molar-refractivity contribution in [3.8, 4) is 5.75 Å². The fourth-order valence-corrected chi connectivity index (χ4v) is 3.87. The summed E-state index contributed by atoms with van der Waals surface area (Å²) in [6.45, 7) is 3.48. The fraction of sp³-hybridized carbons (Fsp3) is 0.261. The lowest BCUT2D eigenvalue weighted by Gasteiger charge is -2.27. The number of nitrogens with one attached hydrogen (secondary N) is 1. The summed E-state index contributed by atoms with van der Waals surface area (Å²) in [4.78, 5) is 26.4. The van der Waals surface area contributed by atoms with Crippen LogP contribution in [0.2, 0.25) is 0 Å². The normalized spacial score (nSPS) is 15.8. The third kappa shape index (κ3) is 4.02. The summed E-state index contributed by atoms with van der Waals surface area (Å²) in [5.74, 6) is 1.15. The molecule has 8 heteroatoms. The Morgan fingerprint density at radius 1 is 1.03 bits per heavy atom. The molecule has 0 spiro atoms. The zero-order valence-corrected chi connectivity index (χ0v) is 17.0. The molecule has 0 unspecified atom stereocenters. The fourth-order valence-electron chi connectivity index (χ4n) is 3.87. The molecule has 1 saturated heterocycles. The highest BCUT2D eigenvalue weighted by Crippen LogP contribution is 2.32. The van der Waals surface area contributed by atoms with Crippen molar-refractivity contribution in [3.63, 3.8) is 0 Å². The van der Waals surface area contributed by atoms with Gasteiger partial charge in [0.15, 0.2) is 0 Å². The quantitative estimate of drug-likeness (QED) is 0.660. The van der Waals surface area contributed by atoms with Crippen molar-refractivity contribution in [2.45, 2.75) is 13.1 Å². The SMILES string of the molecule is O=C1c2nc(N3CCOCC3)nc(Nc3cccc(O)c3)c2CN1Cc1ccccc1. The first-order valence-electron chi connectivity index (χ1n) is 10.3. The highest BCUT2D eigenvalue weighted by molar-refractivity contribution is 5.98. The van der Waals surface area contributed by atoms with E-state index in [0.29, 0.717) is 62.5 Å². The van der Waals surface area contributed by atoms with Crippen LogP contribution in [0.1, 0.15) is 21.6 Å². The lowest BCUT2D eigenvalue weighted by atomic mass is 10.2. The third-order valence-corrected chi connectivity index (χ3v) is 5.45. The van der Waals surface area contributed by atoms with E-state index in [1.165, 1.54) is 0 Å². The molecule has 158 valence electrons. The number of anilines is 3. The Bertz CT molecular complexity index is 1100. The molecule has 8 nitrogen and oxygen atoms in total. The molecule has 5 rings (SSSR count). The van der Waals surface area contributed by atoms with Gasteiger partial charge in [-0.3, -0.25) is 4.79 Å². The van der Waals surface area contributed by atoms with E-state index in [9.17, 15) is 9.90 Å². The number of rotatable bonds is 5. The van der Waals surface area contributed by atoms with Crippen LogP contribution in [0.15, 0.2) is 54.6 Å². The molecule has 0 radical (unpaired) electrons. The van der Waals surface area contributed by atoms with E-state index in [2.05, 4.69) is 10.3 Å². The number of aromatic hydroxyl groups is 1. The van der Waals surface area contributed by atoms with Gasteiger partial charge in [-0.05, 0) is 17.7 Å². The Labute approximate surface area is 180 Å². The van der Waals surface area contributed by atoms with Gasteiger partial charge in [0.25, 0.3) is 5.91 Å². The number of benzene rings is 2. The minimum Gasteiger partial charge on any atom is -0.508 e. The van der Waals surface area contributed by atoms with E-state index in [4.69, 9.17) is 9.72 Å². The monoisotopic (exact) mass is 417 g/mol. The number of carbonyl (C=O) groups excluding carboxylic acids is 1. The molecule has 0 aliphatic carbocycles. The van der Waals surface area contributed by atoms with Crippen molar-refractivity contribution in [1.29, 1.82) is 0 Å². The van der Waals surface area contributed by atoms with Crippen LogP contribution in [0, 0.1) is 0 Å². The van der Waals surface area contributed by atoms with E-state index in [0.717, 1.165) is 11.1 Å². The van der Waals surface area contributed by atoms with E-state index < -0.39 is 0 Å². The Morgan fingerprint density at radius 3 is 2.61 bits per heavy atom. The van der Waals surface area contributed by atoms with Gasteiger partial charge in [0.1, 0.15) is 17.3 Å². The molecule has 0 bridgehead atoms. The highest BCUT2D eigenvalue weighted by Gasteiger charge is 2.33.